The van der Waals surface area contributed by atoms with Crippen molar-refractivity contribution in [3.05, 3.63) is 30.1 Å². The number of hydrogen-bond donors (Lipinski definition) is 1. The highest BCUT2D eigenvalue weighted by Crippen LogP contribution is 2.07. The first-order valence-electron chi connectivity index (χ1n) is 5.19. The van der Waals surface area contributed by atoms with Crippen molar-refractivity contribution in [3.8, 4) is 0 Å². The number of hydrogen-bond acceptors (Lipinski definition) is 4. The molecule has 0 amide bonds. The molecule has 0 aromatic carbocycles. The van der Waals surface area contributed by atoms with Crippen molar-refractivity contribution >= 4 is 6.29 Å². The fourth-order valence-corrected chi connectivity index (χ4v) is 1.82. The average molecular weight is 205 g/mol. The first kappa shape index (κ1) is 10.3. The Morgan fingerprint density at radius 1 is 1.67 bits per heavy atom. The molecule has 1 atom stereocenters. The summed E-state index contributed by atoms with van der Waals surface area (Å²) in [6.45, 7) is 3.42. The van der Waals surface area contributed by atoms with Crippen molar-refractivity contribution in [2.24, 2.45) is 0 Å². The SMILES string of the molecule is O=CC1CNCCN1Cc1cccnc1. The Kier molecular flexibility index (Phi) is 3.42. The molecule has 1 aromatic heterocycles. The topological polar surface area (TPSA) is 45.2 Å². The number of aromatic nitrogens is 1. The largest absolute Gasteiger partial charge is 0.313 e. The van der Waals surface area contributed by atoms with Crippen LogP contribution in [0.2, 0.25) is 0 Å². The monoisotopic (exact) mass is 205 g/mol. The zero-order chi connectivity index (χ0) is 10.5. The molecule has 4 heteroatoms. The van der Waals surface area contributed by atoms with Gasteiger partial charge in [-0.15, -0.1) is 0 Å². The molecule has 4 nitrogen and oxygen atoms in total. The van der Waals surface area contributed by atoms with E-state index in [4.69, 9.17) is 0 Å². The molecular weight excluding hydrogens is 190 g/mol. The minimum absolute atomic E-state index is 0.000967. The lowest BCUT2D eigenvalue weighted by atomic mass is 10.2. The first-order chi connectivity index (χ1) is 7.40. The molecule has 15 heavy (non-hydrogen) atoms. The number of carbonyl (C=O) groups excluding carboxylic acids is 1. The van der Waals surface area contributed by atoms with Crippen LogP contribution in [-0.2, 0) is 11.3 Å². The minimum atomic E-state index is -0.000967. The maximum absolute atomic E-state index is 10.9. The van der Waals surface area contributed by atoms with Crippen LogP contribution in [0.15, 0.2) is 24.5 Å². The molecule has 1 aromatic rings. The van der Waals surface area contributed by atoms with Gasteiger partial charge in [0, 0.05) is 38.6 Å². The second kappa shape index (κ2) is 5.00. The van der Waals surface area contributed by atoms with Crippen LogP contribution in [0.1, 0.15) is 5.56 Å². The van der Waals surface area contributed by atoms with Crippen LogP contribution < -0.4 is 5.32 Å². The number of nitrogens with zero attached hydrogens (tertiary/aromatic N) is 2. The lowest BCUT2D eigenvalue weighted by molar-refractivity contribution is -0.113. The van der Waals surface area contributed by atoms with Gasteiger partial charge >= 0.3 is 0 Å². The molecule has 0 bridgehead atoms. The van der Waals surface area contributed by atoms with Crippen LogP contribution in [0, 0.1) is 0 Å². The highest BCUT2D eigenvalue weighted by atomic mass is 16.1. The van der Waals surface area contributed by atoms with Crippen molar-refractivity contribution in [2.45, 2.75) is 12.6 Å². The van der Waals surface area contributed by atoms with E-state index in [1.165, 1.54) is 0 Å². The Morgan fingerprint density at radius 3 is 3.33 bits per heavy atom. The second-order valence-corrected chi connectivity index (χ2v) is 3.74. The number of nitrogens with one attached hydrogen (secondary N) is 1. The molecule has 2 heterocycles. The summed E-state index contributed by atoms with van der Waals surface area (Å²) in [7, 11) is 0. The van der Waals surface area contributed by atoms with Gasteiger partial charge in [-0.05, 0) is 11.6 Å². The van der Waals surface area contributed by atoms with Crippen LogP contribution >= 0.6 is 0 Å². The van der Waals surface area contributed by atoms with Gasteiger partial charge in [0.1, 0.15) is 6.29 Å². The van der Waals surface area contributed by atoms with E-state index < -0.39 is 0 Å². The van der Waals surface area contributed by atoms with E-state index in [0.717, 1.165) is 38.0 Å². The molecule has 1 fully saturated rings. The Hall–Kier alpha value is -1.26. The Morgan fingerprint density at radius 2 is 2.60 bits per heavy atom. The third kappa shape index (κ3) is 2.61. The zero-order valence-corrected chi connectivity index (χ0v) is 8.60. The highest BCUT2D eigenvalue weighted by Gasteiger charge is 2.21. The molecular formula is C11H15N3O. The highest BCUT2D eigenvalue weighted by molar-refractivity contribution is 5.58. The number of pyridine rings is 1. The van der Waals surface area contributed by atoms with Gasteiger partial charge in [-0.3, -0.25) is 9.88 Å². The molecule has 1 N–H and O–H groups in total. The quantitative estimate of drug-likeness (QED) is 0.708. The summed E-state index contributed by atoms with van der Waals surface area (Å²) in [6.07, 6.45) is 4.63. The molecule has 1 unspecified atom stereocenters. The average Bonchev–Trinajstić information content (AvgIpc) is 2.31. The lowest BCUT2D eigenvalue weighted by Gasteiger charge is -2.32. The number of piperazine rings is 1. The maximum atomic E-state index is 10.9. The van der Waals surface area contributed by atoms with E-state index in [1.807, 2.05) is 18.3 Å². The second-order valence-electron chi connectivity index (χ2n) is 3.74. The summed E-state index contributed by atoms with van der Waals surface area (Å²) < 4.78 is 0. The Labute approximate surface area is 89.3 Å². The Bertz CT molecular complexity index is 315. The van der Waals surface area contributed by atoms with Gasteiger partial charge in [-0.1, -0.05) is 6.07 Å². The van der Waals surface area contributed by atoms with Gasteiger partial charge in [0.2, 0.25) is 0 Å². The van der Waals surface area contributed by atoms with E-state index in [0.29, 0.717) is 0 Å². The van der Waals surface area contributed by atoms with Crippen LogP contribution in [0.3, 0.4) is 0 Å². The lowest BCUT2D eigenvalue weighted by Crippen LogP contribution is -2.51. The van der Waals surface area contributed by atoms with Crippen molar-refractivity contribution in [2.75, 3.05) is 19.6 Å². The van der Waals surface area contributed by atoms with Crippen LogP contribution in [-0.4, -0.2) is 41.8 Å². The smallest absolute Gasteiger partial charge is 0.138 e. The molecule has 0 aliphatic carbocycles. The number of rotatable bonds is 3. The van der Waals surface area contributed by atoms with Crippen LogP contribution in [0.4, 0.5) is 0 Å². The van der Waals surface area contributed by atoms with Gasteiger partial charge in [0.25, 0.3) is 0 Å². The van der Waals surface area contributed by atoms with E-state index in [2.05, 4.69) is 15.2 Å². The molecule has 1 saturated heterocycles. The molecule has 1 aliphatic heterocycles. The number of carbonyl (C=O) groups is 1. The van der Waals surface area contributed by atoms with E-state index in [9.17, 15) is 4.79 Å². The standard InChI is InChI=1S/C11H15N3O/c15-9-11-7-13-4-5-14(11)8-10-2-1-3-12-6-10/h1-3,6,9,11,13H,4-5,7-8H2. The number of aldehydes is 1. The van der Waals surface area contributed by atoms with Crippen molar-refractivity contribution in [1.82, 2.24) is 15.2 Å². The van der Waals surface area contributed by atoms with E-state index in [-0.39, 0.29) is 6.04 Å². The fraction of sp³-hybridized carbons (Fsp3) is 0.455. The zero-order valence-electron chi connectivity index (χ0n) is 8.60. The molecule has 1 aliphatic rings. The van der Waals surface area contributed by atoms with E-state index >= 15 is 0 Å². The third-order valence-electron chi connectivity index (χ3n) is 2.66. The van der Waals surface area contributed by atoms with Crippen molar-refractivity contribution in [1.29, 1.82) is 0 Å². The summed E-state index contributed by atoms with van der Waals surface area (Å²) in [6, 6.07) is 3.96. The van der Waals surface area contributed by atoms with Gasteiger partial charge in [-0.2, -0.15) is 0 Å². The Balaban J connectivity index is 2.00. The first-order valence-corrected chi connectivity index (χ1v) is 5.19. The summed E-state index contributed by atoms with van der Waals surface area (Å²) in [5.74, 6) is 0. The molecule has 2 rings (SSSR count). The summed E-state index contributed by atoms with van der Waals surface area (Å²) >= 11 is 0. The summed E-state index contributed by atoms with van der Waals surface area (Å²) in [5.41, 5.74) is 1.16. The van der Waals surface area contributed by atoms with Gasteiger partial charge in [0.05, 0.1) is 6.04 Å². The molecule has 80 valence electrons. The van der Waals surface area contributed by atoms with Gasteiger partial charge in [-0.25, -0.2) is 0 Å². The molecule has 0 saturated carbocycles. The van der Waals surface area contributed by atoms with Crippen molar-refractivity contribution < 1.29 is 4.79 Å². The predicted octanol–water partition coefficient (Wildman–Crippen LogP) is 0.0543. The minimum Gasteiger partial charge on any atom is -0.313 e. The summed E-state index contributed by atoms with van der Waals surface area (Å²) in [4.78, 5) is 17.1. The fourth-order valence-electron chi connectivity index (χ4n) is 1.82. The van der Waals surface area contributed by atoms with E-state index in [1.54, 1.807) is 6.20 Å². The third-order valence-corrected chi connectivity index (χ3v) is 2.66. The molecule has 0 spiro atoms. The predicted molar refractivity (Wildman–Crippen MR) is 57.4 cm³/mol. The van der Waals surface area contributed by atoms with Gasteiger partial charge < -0.3 is 10.1 Å². The maximum Gasteiger partial charge on any atom is 0.138 e. The van der Waals surface area contributed by atoms with Crippen LogP contribution in [0.25, 0.3) is 0 Å². The molecule has 0 radical (unpaired) electrons. The van der Waals surface area contributed by atoms with Crippen molar-refractivity contribution in [3.63, 3.8) is 0 Å². The normalized spacial score (nSPS) is 22.5. The van der Waals surface area contributed by atoms with Crippen LogP contribution in [0.5, 0.6) is 0 Å². The summed E-state index contributed by atoms with van der Waals surface area (Å²) in [5, 5.41) is 3.21. The van der Waals surface area contributed by atoms with Gasteiger partial charge in [0.15, 0.2) is 0 Å².